The molecule has 1 amide bonds. The van der Waals surface area contributed by atoms with Crippen molar-refractivity contribution in [1.29, 1.82) is 0 Å². The number of halogens is 3. The molecule has 3 rings (SSSR count). The first-order valence-corrected chi connectivity index (χ1v) is 9.35. The van der Waals surface area contributed by atoms with Crippen molar-refractivity contribution in [2.45, 2.75) is 39.4 Å². The van der Waals surface area contributed by atoms with Gasteiger partial charge in [0.2, 0.25) is 0 Å². The second kappa shape index (κ2) is 7.91. The van der Waals surface area contributed by atoms with Crippen LogP contribution in [0.3, 0.4) is 0 Å². The molecule has 2 N–H and O–H groups in total. The molecule has 0 bridgehead atoms. The first kappa shape index (κ1) is 22.1. The number of carbonyl (C=O) groups is 1. The lowest BCUT2D eigenvalue weighted by atomic mass is 10.0. The second-order valence-corrected chi connectivity index (χ2v) is 7.95. The summed E-state index contributed by atoms with van der Waals surface area (Å²) in [5.74, 6) is 2.50. The number of nitrogens with one attached hydrogen (secondary N) is 2. The van der Waals surface area contributed by atoms with Gasteiger partial charge >= 0.3 is 6.18 Å². The summed E-state index contributed by atoms with van der Waals surface area (Å²) in [4.78, 5) is 21.5. The van der Waals surface area contributed by atoms with E-state index < -0.39 is 17.3 Å². The van der Waals surface area contributed by atoms with Crippen molar-refractivity contribution >= 4 is 23.4 Å². The Kier molecular flexibility index (Phi) is 5.63. The van der Waals surface area contributed by atoms with Crippen molar-refractivity contribution in [3.05, 3.63) is 41.0 Å². The molecule has 2 aromatic heterocycles. The predicted molar refractivity (Wildman–Crippen MR) is 111 cm³/mol. The van der Waals surface area contributed by atoms with E-state index in [0.717, 1.165) is 13.0 Å². The zero-order chi connectivity index (χ0) is 23.0. The zero-order valence-corrected chi connectivity index (χ0v) is 17.4. The lowest BCUT2D eigenvalue weighted by molar-refractivity contribution is -0.117. The van der Waals surface area contributed by atoms with E-state index in [9.17, 15) is 18.0 Å². The SMILES string of the molecule is C#Cc1cnn(-c2cnc3c(n2)C(C(=O)NC(C)(C)C)=CCN3)c1/C=C(\C)C(F)(F)F. The highest BCUT2D eigenvalue weighted by atomic mass is 19.4. The summed E-state index contributed by atoms with van der Waals surface area (Å²) in [6, 6.07) is 0. The Balaban J connectivity index is 2.09. The number of carbonyl (C=O) groups excluding carboxylic acids is 1. The van der Waals surface area contributed by atoms with Crippen LogP contribution >= 0.6 is 0 Å². The first-order chi connectivity index (χ1) is 14.4. The van der Waals surface area contributed by atoms with Crippen LogP contribution in [0.4, 0.5) is 19.0 Å². The maximum absolute atomic E-state index is 13.1. The number of rotatable bonds is 3. The minimum atomic E-state index is -4.52. The van der Waals surface area contributed by atoms with Gasteiger partial charge in [-0.15, -0.1) is 6.42 Å². The van der Waals surface area contributed by atoms with Crippen molar-refractivity contribution in [1.82, 2.24) is 25.1 Å². The van der Waals surface area contributed by atoms with Gasteiger partial charge in [0.05, 0.1) is 29.2 Å². The number of fused-ring (bicyclic) bond motifs is 1. The largest absolute Gasteiger partial charge is 0.412 e. The number of anilines is 1. The molecule has 1 aliphatic rings. The van der Waals surface area contributed by atoms with Crippen LogP contribution < -0.4 is 10.6 Å². The van der Waals surface area contributed by atoms with Gasteiger partial charge in [0.25, 0.3) is 5.91 Å². The molecule has 0 saturated carbocycles. The molecule has 0 fully saturated rings. The summed E-state index contributed by atoms with van der Waals surface area (Å²) in [5, 5.41) is 9.98. The molecule has 0 spiro atoms. The van der Waals surface area contributed by atoms with E-state index in [1.54, 1.807) is 6.08 Å². The van der Waals surface area contributed by atoms with Crippen molar-refractivity contribution in [2.24, 2.45) is 0 Å². The molecule has 0 aliphatic carbocycles. The molecule has 7 nitrogen and oxygen atoms in total. The zero-order valence-electron chi connectivity index (χ0n) is 17.4. The van der Waals surface area contributed by atoms with Gasteiger partial charge < -0.3 is 10.6 Å². The molecular formula is C21H21F3N6O. The number of alkyl halides is 3. The Hall–Kier alpha value is -3.61. The highest BCUT2D eigenvalue weighted by Gasteiger charge is 2.31. The van der Waals surface area contributed by atoms with Gasteiger partial charge in [0.1, 0.15) is 5.69 Å². The van der Waals surface area contributed by atoms with E-state index in [-0.39, 0.29) is 28.7 Å². The molecule has 162 valence electrons. The third-order valence-electron chi connectivity index (χ3n) is 4.30. The minimum Gasteiger partial charge on any atom is -0.365 e. The summed E-state index contributed by atoms with van der Waals surface area (Å²) < 4.78 is 40.4. The average Bonchev–Trinajstić information content (AvgIpc) is 3.07. The quantitative estimate of drug-likeness (QED) is 0.730. The van der Waals surface area contributed by atoms with E-state index in [1.165, 1.54) is 17.1 Å². The van der Waals surface area contributed by atoms with E-state index in [4.69, 9.17) is 6.42 Å². The fourth-order valence-electron chi connectivity index (χ4n) is 2.83. The smallest absolute Gasteiger partial charge is 0.365 e. The number of aromatic nitrogens is 4. The molecule has 0 atom stereocenters. The normalized spacial score (nSPS) is 14.3. The van der Waals surface area contributed by atoms with Crippen LogP contribution in [0.15, 0.2) is 24.0 Å². The van der Waals surface area contributed by atoms with Gasteiger partial charge in [-0.2, -0.15) is 18.3 Å². The van der Waals surface area contributed by atoms with Gasteiger partial charge in [0.15, 0.2) is 11.6 Å². The van der Waals surface area contributed by atoms with E-state index in [2.05, 4.69) is 31.6 Å². The van der Waals surface area contributed by atoms with Gasteiger partial charge in [-0.3, -0.25) is 4.79 Å². The predicted octanol–water partition coefficient (Wildman–Crippen LogP) is 3.33. The summed E-state index contributed by atoms with van der Waals surface area (Å²) in [5.41, 5.74) is -0.521. The molecule has 3 heterocycles. The van der Waals surface area contributed by atoms with Crippen LogP contribution in [0.5, 0.6) is 0 Å². The van der Waals surface area contributed by atoms with Crippen LogP contribution in [0.25, 0.3) is 17.5 Å². The third-order valence-corrected chi connectivity index (χ3v) is 4.30. The van der Waals surface area contributed by atoms with E-state index in [0.29, 0.717) is 17.9 Å². The average molecular weight is 430 g/mol. The van der Waals surface area contributed by atoms with Crippen LogP contribution in [0, 0.1) is 12.3 Å². The van der Waals surface area contributed by atoms with Crippen LogP contribution in [0.1, 0.15) is 44.6 Å². The lowest BCUT2D eigenvalue weighted by Crippen LogP contribution is -2.41. The fraction of sp³-hybridized carbons (Fsp3) is 0.333. The molecule has 0 aromatic carbocycles. The molecule has 31 heavy (non-hydrogen) atoms. The standard InChI is InChI=1S/C21H21F3N6O/c1-6-13-10-27-30(15(13)9-12(2)21(22,23)24)16-11-26-18-17(28-16)14(7-8-25-18)19(31)29-20(3,4)5/h1,7,9-11H,8H2,2-5H3,(H,25,26)(H,29,31)/b12-9+. The van der Waals surface area contributed by atoms with Crippen LogP contribution in [-0.2, 0) is 4.79 Å². The summed E-state index contributed by atoms with van der Waals surface area (Å²) in [6.07, 6.45) is 6.12. The maximum atomic E-state index is 13.1. The fourth-order valence-corrected chi connectivity index (χ4v) is 2.83. The van der Waals surface area contributed by atoms with Gasteiger partial charge in [-0.25, -0.2) is 14.6 Å². The first-order valence-electron chi connectivity index (χ1n) is 9.35. The lowest BCUT2D eigenvalue weighted by Gasteiger charge is -2.24. The number of terminal acetylenes is 1. The van der Waals surface area contributed by atoms with Crippen molar-refractivity contribution < 1.29 is 18.0 Å². The van der Waals surface area contributed by atoms with Crippen molar-refractivity contribution in [3.8, 4) is 18.2 Å². The second-order valence-electron chi connectivity index (χ2n) is 7.95. The van der Waals surface area contributed by atoms with Crippen molar-refractivity contribution in [2.75, 3.05) is 11.9 Å². The summed E-state index contributed by atoms with van der Waals surface area (Å²) >= 11 is 0. The van der Waals surface area contributed by atoms with Crippen molar-refractivity contribution in [3.63, 3.8) is 0 Å². The van der Waals surface area contributed by atoms with Crippen LogP contribution in [-0.4, -0.2) is 43.9 Å². The molecule has 10 heteroatoms. The summed E-state index contributed by atoms with van der Waals surface area (Å²) in [6.45, 7) is 6.88. The number of hydrogen-bond donors (Lipinski definition) is 2. The van der Waals surface area contributed by atoms with Gasteiger partial charge in [-0.1, -0.05) is 12.0 Å². The van der Waals surface area contributed by atoms with E-state index in [1.807, 2.05) is 20.8 Å². The Morgan fingerprint density at radius 1 is 1.32 bits per heavy atom. The Bertz CT molecular complexity index is 1130. The number of amides is 1. The number of allylic oxidation sites excluding steroid dienone is 1. The molecule has 0 saturated heterocycles. The minimum absolute atomic E-state index is 0.0417. The molecular weight excluding hydrogens is 409 g/mol. The van der Waals surface area contributed by atoms with Gasteiger partial charge in [-0.05, 0) is 33.8 Å². The van der Waals surface area contributed by atoms with Gasteiger partial charge in [0, 0.05) is 17.7 Å². The number of nitrogens with zero attached hydrogens (tertiary/aromatic N) is 4. The molecule has 0 unspecified atom stereocenters. The Morgan fingerprint density at radius 3 is 2.65 bits per heavy atom. The van der Waals surface area contributed by atoms with Crippen LogP contribution in [0.2, 0.25) is 0 Å². The Labute approximate surface area is 177 Å². The Morgan fingerprint density at radius 2 is 2.03 bits per heavy atom. The maximum Gasteiger partial charge on any atom is 0.412 e. The third kappa shape index (κ3) is 4.77. The molecule has 2 aromatic rings. The highest BCUT2D eigenvalue weighted by molar-refractivity contribution is 6.21. The topological polar surface area (TPSA) is 84.7 Å². The number of hydrogen-bond acceptors (Lipinski definition) is 5. The molecule has 1 aliphatic heterocycles. The van der Waals surface area contributed by atoms with E-state index >= 15 is 0 Å². The summed E-state index contributed by atoms with van der Waals surface area (Å²) in [7, 11) is 0. The molecule has 0 radical (unpaired) electrons. The monoisotopic (exact) mass is 430 g/mol. The highest BCUT2D eigenvalue weighted by Crippen LogP contribution is 2.29.